The molecule has 2 fully saturated rings. The summed E-state index contributed by atoms with van der Waals surface area (Å²) < 4.78 is 37.7. The molecule has 0 unspecified atom stereocenters. The van der Waals surface area contributed by atoms with E-state index in [2.05, 4.69) is 4.90 Å². The summed E-state index contributed by atoms with van der Waals surface area (Å²) in [6.07, 6.45) is 5.19. The predicted octanol–water partition coefficient (Wildman–Crippen LogP) is 2.05. The molecule has 0 aliphatic carbocycles. The summed E-state index contributed by atoms with van der Waals surface area (Å²) in [6.45, 7) is 2.60. The van der Waals surface area contributed by atoms with Gasteiger partial charge in [0.2, 0.25) is 10.0 Å². The molecular weight excluding hydrogens is 352 g/mol. The van der Waals surface area contributed by atoms with Gasteiger partial charge in [0.05, 0.1) is 20.5 Å². The number of rotatable bonds is 3. The van der Waals surface area contributed by atoms with Crippen LogP contribution in [0.1, 0.15) is 36.4 Å². The second kappa shape index (κ2) is 6.69. The molecule has 0 radical (unpaired) electrons. The molecule has 0 saturated carbocycles. The van der Waals surface area contributed by atoms with Crippen LogP contribution in [0, 0.1) is 5.92 Å². The molecule has 0 N–H and O–H groups in total. The summed E-state index contributed by atoms with van der Waals surface area (Å²) >= 11 is 0. The van der Waals surface area contributed by atoms with Crippen LogP contribution in [0.5, 0.6) is 11.5 Å². The summed E-state index contributed by atoms with van der Waals surface area (Å²) in [5.74, 6) is 2.22. The van der Waals surface area contributed by atoms with Gasteiger partial charge in [-0.05, 0) is 43.7 Å². The Morgan fingerprint density at radius 1 is 1.12 bits per heavy atom. The van der Waals surface area contributed by atoms with E-state index >= 15 is 0 Å². The van der Waals surface area contributed by atoms with Crippen LogP contribution in [0.25, 0.3) is 0 Å². The minimum absolute atomic E-state index is 0.0851. The molecule has 3 aliphatic rings. The fraction of sp³-hybridized carbons (Fsp3) is 0.684. The van der Waals surface area contributed by atoms with E-state index in [0.29, 0.717) is 12.5 Å². The van der Waals surface area contributed by atoms with Gasteiger partial charge in [-0.1, -0.05) is 0 Å². The lowest BCUT2D eigenvalue weighted by molar-refractivity contribution is 0.0210. The first-order valence-electron chi connectivity index (χ1n) is 9.38. The minimum atomic E-state index is -3.18. The Hall–Kier alpha value is -1.31. The van der Waals surface area contributed by atoms with Crippen LogP contribution >= 0.6 is 0 Å². The van der Waals surface area contributed by atoms with Crippen LogP contribution in [-0.4, -0.2) is 63.8 Å². The molecule has 0 amide bonds. The zero-order chi connectivity index (χ0) is 18.5. The Morgan fingerprint density at radius 3 is 2.54 bits per heavy atom. The number of nitrogens with zero attached hydrogens (tertiary/aromatic N) is 2. The predicted molar refractivity (Wildman–Crippen MR) is 100 cm³/mol. The third-order valence-corrected chi connectivity index (χ3v) is 7.67. The van der Waals surface area contributed by atoms with Crippen molar-refractivity contribution in [3.63, 3.8) is 0 Å². The molecule has 0 aromatic heterocycles. The van der Waals surface area contributed by atoms with Gasteiger partial charge in [-0.25, -0.2) is 8.42 Å². The number of fused-ring (bicyclic) bond motifs is 4. The molecule has 4 rings (SSSR count). The smallest absolute Gasteiger partial charge is 0.211 e. The maximum absolute atomic E-state index is 12.3. The van der Waals surface area contributed by atoms with Gasteiger partial charge in [0.25, 0.3) is 0 Å². The lowest BCUT2D eigenvalue weighted by atomic mass is 9.77. The molecule has 1 aromatic carbocycles. The van der Waals surface area contributed by atoms with E-state index in [4.69, 9.17) is 9.47 Å². The standard InChI is InChI=1S/C19H28N2O4S/c1-24-17-6-7-18(25-2)19-14(17)8-10-20-12-13-5-4-9-21(26(3,22)23)15(13)11-16(19)20/h6-7,13,15-16H,4-5,8-12H2,1-3H3/t13-,15+,16-/m1/s1. The summed E-state index contributed by atoms with van der Waals surface area (Å²) in [5, 5.41) is 0. The van der Waals surface area contributed by atoms with Gasteiger partial charge in [0.15, 0.2) is 0 Å². The van der Waals surface area contributed by atoms with Gasteiger partial charge < -0.3 is 9.47 Å². The summed E-state index contributed by atoms with van der Waals surface area (Å²) in [5.41, 5.74) is 2.41. The van der Waals surface area contributed by atoms with Crippen LogP contribution < -0.4 is 9.47 Å². The number of hydrogen-bond donors (Lipinski definition) is 0. The number of sulfonamides is 1. The Bertz CT molecular complexity index is 795. The highest BCUT2D eigenvalue weighted by Gasteiger charge is 2.46. The molecular formula is C19H28N2O4S. The average molecular weight is 381 g/mol. The van der Waals surface area contributed by atoms with E-state index in [1.54, 1.807) is 18.5 Å². The first-order valence-corrected chi connectivity index (χ1v) is 11.2. The van der Waals surface area contributed by atoms with E-state index < -0.39 is 10.0 Å². The molecule has 2 saturated heterocycles. The first kappa shape index (κ1) is 18.1. The third kappa shape index (κ3) is 2.90. The highest BCUT2D eigenvalue weighted by atomic mass is 32.2. The topological polar surface area (TPSA) is 59.1 Å². The number of piperidine rings is 2. The van der Waals surface area contributed by atoms with Crippen molar-refractivity contribution in [3.05, 3.63) is 23.3 Å². The lowest BCUT2D eigenvalue weighted by Crippen LogP contribution is -2.57. The highest BCUT2D eigenvalue weighted by Crippen LogP contribution is 2.48. The average Bonchev–Trinajstić information content (AvgIpc) is 2.63. The maximum atomic E-state index is 12.3. The Morgan fingerprint density at radius 2 is 1.85 bits per heavy atom. The first-order chi connectivity index (χ1) is 12.4. The van der Waals surface area contributed by atoms with Crippen LogP contribution in [0.2, 0.25) is 0 Å². The molecule has 7 heteroatoms. The number of benzene rings is 1. The van der Waals surface area contributed by atoms with Crippen molar-refractivity contribution in [3.8, 4) is 11.5 Å². The number of ether oxygens (including phenoxy) is 2. The summed E-state index contributed by atoms with van der Waals surface area (Å²) in [6, 6.07) is 4.22. The highest BCUT2D eigenvalue weighted by molar-refractivity contribution is 7.88. The Labute approximate surface area is 156 Å². The van der Waals surface area contributed by atoms with Crippen molar-refractivity contribution >= 4 is 10.0 Å². The SMILES string of the molecule is COc1ccc(OC)c2c1CCN1C[C@H]3CCCN(S(C)(=O)=O)[C@H]3C[C@H]21. The monoisotopic (exact) mass is 380 g/mol. The summed E-state index contributed by atoms with van der Waals surface area (Å²) in [7, 11) is 0.230. The van der Waals surface area contributed by atoms with Crippen molar-refractivity contribution in [2.24, 2.45) is 5.92 Å². The van der Waals surface area contributed by atoms with Crippen LogP contribution in [0.15, 0.2) is 12.1 Å². The molecule has 0 spiro atoms. The van der Waals surface area contributed by atoms with Crippen LogP contribution in [0.3, 0.4) is 0 Å². The number of methoxy groups -OCH3 is 2. The minimum Gasteiger partial charge on any atom is -0.496 e. The van der Waals surface area contributed by atoms with Gasteiger partial charge in [-0.2, -0.15) is 4.31 Å². The van der Waals surface area contributed by atoms with Crippen LogP contribution in [0.4, 0.5) is 0 Å². The van der Waals surface area contributed by atoms with Crippen molar-refractivity contribution < 1.29 is 17.9 Å². The quantitative estimate of drug-likeness (QED) is 0.803. The van der Waals surface area contributed by atoms with E-state index in [9.17, 15) is 8.42 Å². The van der Waals surface area contributed by atoms with Crippen LogP contribution in [-0.2, 0) is 16.4 Å². The Kier molecular flexibility index (Phi) is 4.65. The molecule has 3 atom stereocenters. The largest absolute Gasteiger partial charge is 0.496 e. The normalized spacial score (nSPS) is 29.4. The lowest BCUT2D eigenvalue weighted by Gasteiger charge is -2.51. The van der Waals surface area contributed by atoms with Crippen molar-refractivity contribution in [1.82, 2.24) is 9.21 Å². The van der Waals surface area contributed by atoms with E-state index in [1.807, 2.05) is 12.1 Å². The second-order valence-electron chi connectivity index (χ2n) is 7.70. The van der Waals surface area contributed by atoms with Crippen molar-refractivity contribution in [2.75, 3.05) is 40.1 Å². The molecule has 6 nitrogen and oxygen atoms in total. The fourth-order valence-electron chi connectivity index (χ4n) is 5.26. The van der Waals surface area contributed by atoms with Gasteiger partial charge in [0, 0.05) is 42.8 Å². The second-order valence-corrected chi connectivity index (χ2v) is 9.64. The zero-order valence-electron chi connectivity index (χ0n) is 15.8. The molecule has 26 heavy (non-hydrogen) atoms. The molecule has 1 aromatic rings. The zero-order valence-corrected chi connectivity index (χ0v) is 16.6. The molecule has 144 valence electrons. The van der Waals surface area contributed by atoms with E-state index in [1.165, 1.54) is 17.4 Å². The van der Waals surface area contributed by atoms with Gasteiger partial charge in [-0.3, -0.25) is 4.90 Å². The molecule has 3 heterocycles. The van der Waals surface area contributed by atoms with Gasteiger partial charge >= 0.3 is 0 Å². The van der Waals surface area contributed by atoms with E-state index in [-0.39, 0.29) is 12.1 Å². The molecule has 3 aliphatic heterocycles. The third-order valence-electron chi connectivity index (χ3n) is 6.36. The van der Waals surface area contributed by atoms with Crippen molar-refractivity contribution in [2.45, 2.75) is 37.8 Å². The van der Waals surface area contributed by atoms with Gasteiger partial charge in [0.1, 0.15) is 11.5 Å². The summed E-state index contributed by atoms with van der Waals surface area (Å²) in [4.78, 5) is 2.53. The maximum Gasteiger partial charge on any atom is 0.211 e. The van der Waals surface area contributed by atoms with E-state index in [0.717, 1.165) is 50.3 Å². The Balaban J connectivity index is 1.75. The van der Waals surface area contributed by atoms with Crippen molar-refractivity contribution in [1.29, 1.82) is 0 Å². The molecule has 0 bridgehead atoms. The van der Waals surface area contributed by atoms with Gasteiger partial charge in [-0.15, -0.1) is 0 Å². The fourth-order valence-corrected chi connectivity index (χ4v) is 6.47. The number of hydrogen-bond acceptors (Lipinski definition) is 5.